The SMILES string of the molecule is Bc1cc(C(=O)CCC(=O)N2CCC(n3c(=O)[nH]c4ncccc43)CC2)cc2nc(NC(N)=O)[nH]c12. The number of hydrogen-bond acceptors (Lipinski definition) is 6. The molecule has 4 heterocycles. The molecule has 4 aromatic rings. The number of aromatic nitrogens is 5. The van der Waals surface area contributed by atoms with Gasteiger partial charge >= 0.3 is 11.7 Å². The fourth-order valence-corrected chi connectivity index (χ4v) is 4.84. The summed E-state index contributed by atoms with van der Waals surface area (Å²) in [6, 6.07) is 6.28. The van der Waals surface area contributed by atoms with Crippen molar-refractivity contribution in [2.75, 3.05) is 18.4 Å². The Labute approximate surface area is 205 Å². The molecule has 184 valence electrons. The van der Waals surface area contributed by atoms with Gasteiger partial charge in [-0.25, -0.2) is 19.6 Å². The van der Waals surface area contributed by atoms with E-state index in [2.05, 4.69) is 25.3 Å². The molecule has 0 radical (unpaired) electrons. The molecular formula is C23H25BN8O4. The van der Waals surface area contributed by atoms with E-state index < -0.39 is 6.03 Å². The van der Waals surface area contributed by atoms with Gasteiger partial charge in [0.1, 0.15) is 7.85 Å². The Morgan fingerprint density at radius 2 is 1.94 bits per heavy atom. The average Bonchev–Trinajstić information content (AvgIpc) is 3.41. The lowest BCUT2D eigenvalue weighted by atomic mass is 9.91. The number of hydrogen-bond donors (Lipinski definition) is 4. The third kappa shape index (κ3) is 4.46. The number of imidazole rings is 2. The first-order valence-corrected chi connectivity index (χ1v) is 11.7. The Balaban J connectivity index is 1.19. The molecule has 5 N–H and O–H groups in total. The summed E-state index contributed by atoms with van der Waals surface area (Å²) in [7, 11) is 1.83. The third-order valence-electron chi connectivity index (χ3n) is 6.59. The number of fused-ring (bicyclic) bond motifs is 2. The minimum atomic E-state index is -0.740. The summed E-state index contributed by atoms with van der Waals surface area (Å²) in [5.41, 5.74) is 8.73. The van der Waals surface area contributed by atoms with Crippen molar-refractivity contribution in [2.24, 2.45) is 5.73 Å². The van der Waals surface area contributed by atoms with Crippen LogP contribution in [0.2, 0.25) is 0 Å². The quantitative estimate of drug-likeness (QED) is 0.223. The number of H-pyrrole nitrogens is 2. The molecular weight excluding hydrogens is 463 g/mol. The first-order valence-electron chi connectivity index (χ1n) is 11.7. The highest BCUT2D eigenvalue weighted by Gasteiger charge is 2.26. The normalized spacial score (nSPS) is 14.4. The molecule has 1 fully saturated rings. The second-order valence-corrected chi connectivity index (χ2v) is 8.97. The van der Waals surface area contributed by atoms with Gasteiger partial charge in [-0.05, 0) is 31.0 Å². The van der Waals surface area contributed by atoms with Gasteiger partial charge in [0.15, 0.2) is 11.4 Å². The summed E-state index contributed by atoms with van der Waals surface area (Å²) >= 11 is 0. The number of urea groups is 1. The maximum absolute atomic E-state index is 12.8. The molecule has 0 aliphatic carbocycles. The van der Waals surface area contributed by atoms with Crippen LogP contribution < -0.4 is 22.2 Å². The fraction of sp³-hybridized carbons (Fsp3) is 0.304. The van der Waals surface area contributed by atoms with E-state index in [0.717, 1.165) is 11.0 Å². The summed E-state index contributed by atoms with van der Waals surface area (Å²) in [5.74, 6) is -0.0383. The van der Waals surface area contributed by atoms with Gasteiger partial charge in [0, 0.05) is 43.7 Å². The van der Waals surface area contributed by atoms with Crippen molar-refractivity contribution in [1.82, 2.24) is 29.4 Å². The van der Waals surface area contributed by atoms with Gasteiger partial charge in [-0.2, -0.15) is 0 Å². The number of amides is 3. The predicted octanol–water partition coefficient (Wildman–Crippen LogP) is 0.177. The molecule has 0 saturated carbocycles. The first-order chi connectivity index (χ1) is 17.3. The topological polar surface area (TPSA) is 172 Å². The highest BCUT2D eigenvalue weighted by molar-refractivity contribution is 6.38. The number of Topliss-reactive ketones (excluding diaryl/α,β-unsaturated/α-hetero) is 1. The smallest absolute Gasteiger partial charge is 0.327 e. The maximum atomic E-state index is 12.8. The van der Waals surface area contributed by atoms with E-state index in [-0.39, 0.29) is 42.2 Å². The summed E-state index contributed by atoms with van der Waals surface area (Å²) < 4.78 is 1.73. The van der Waals surface area contributed by atoms with Crippen LogP contribution in [-0.2, 0) is 4.79 Å². The molecule has 1 aromatic carbocycles. The van der Waals surface area contributed by atoms with E-state index in [1.807, 2.05) is 13.9 Å². The van der Waals surface area contributed by atoms with Crippen molar-refractivity contribution in [2.45, 2.75) is 31.7 Å². The Morgan fingerprint density at radius 1 is 1.17 bits per heavy atom. The lowest BCUT2D eigenvalue weighted by Crippen LogP contribution is -2.40. The predicted molar refractivity (Wildman–Crippen MR) is 136 cm³/mol. The number of likely N-dealkylation sites (tertiary alicyclic amines) is 1. The Kier molecular flexibility index (Phi) is 6.04. The lowest BCUT2D eigenvalue weighted by Gasteiger charge is -2.32. The lowest BCUT2D eigenvalue weighted by molar-refractivity contribution is -0.132. The van der Waals surface area contributed by atoms with Crippen molar-refractivity contribution < 1.29 is 14.4 Å². The Hall–Kier alpha value is -4.42. The van der Waals surface area contributed by atoms with Gasteiger partial charge in [-0.1, -0.05) is 11.5 Å². The van der Waals surface area contributed by atoms with Crippen LogP contribution in [0.3, 0.4) is 0 Å². The van der Waals surface area contributed by atoms with Gasteiger partial charge in [0.05, 0.1) is 16.6 Å². The van der Waals surface area contributed by atoms with E-state index in [0.29, 0.717) is 48.2 Å². The molecule has 1 aliphatic heterocycles. The van der Waals surface area contributed by atoms with Gasteiger partial charge in [-0.3, -0.25) is 24.5 Å². The average molecular weight is 488 g/mol. The molecule has 0 spiro atoms. The van der Waals surface area contributed by atoms with Crippen LogP contribution in [-0.4, -0.2) is 68.1 Å². The number of carbonyl (C=O) groups is 3. The van der Waals surface area contributed by atoms with Crippen LogP contribution in [0.4, 0.5) is 10.7 Å². The molecule has 36 heavy (non-hydrogen) atoms. The summed E-state index contributed by atoms with van der Waals surface area (Å²) in [6.07, 6.45) is 3.12. The minimum absolute atomic E-state index is 0.0152. The van der Waals surface area contributed by atoms with Gasteiger partial charge in [0.25, 0.3) is 0 Å². The summed E-state index contributed by atoms with van der Waals surface area (Å²) in [6.45, 7) is 1.04. The van der Waals surface area contributed by atoms with Crippen molar-refractivity contribution >= 4 is 59.2 Å². The number of piperidine rings is 1. The zero-order valence-corrected chi connectivity index (χ0v) is 19.7. The van der Waals surface area contributed by atoms with E-state index >= 15 is 0 Å². The zero-order valence-electron chi connectivity index (χ0n) is 19.7. The second kappa shape index (κ2) is 9.32. The largest absolute Gasteiger partial charge is 0.351 e. The van der Waals surface area contributed by atoms with Crippen LogP contribution in [0.25, 0.3) is 22.2 Å². The summed E-state index contributed by atoms with van der Waals surface area (Å²) in [4.78, 5) is 65.1. The number of benzene rings is 1. The molecule has 3 amide bonds. The number of nitrogens with one attached hydrogen (secondary N) is 3. The van der Waals surface area contributed by atoms with Crippen LogP contribution >= 0.6 is 0 Å². The van der Waals surface area contributed by atoms with Crippen LogP contribution in [0.15, 0.2) is 35.3 Å². The van der Waals surface area contributed by atoms with Crippen molar-refractivity contribution in [1.29, 1.82) is 0 Å². The number of anilines is 1. The van der Waals surface area contributed by atoms with E-state index in [1.54, 1.807) is 33.9 Å². The molecule has 1 aliphatic rings. The number of primary amides is 1. The highest BCUT2D eigenvalue weighted by Crippen LogP contribution is 2.25. The van der Waals surface area contributed by atoms with Crippen molar-refractivity contribution in [3.8, 4) is 0 Å². The van der Waals surface area contributed by atoms with Gasteiger partial charge in [0.2, 0.25) is 11.9 Å². The molecule has 13 heteroatoms. The molecule has 1 saturated heterocycles. The number of pyridine rings is 1. The van der Waals surface area contributed by atoms with E-state index in [1.165, 1.54) is 0 Å². The number of rotatable bonds is 6. The fourth-order valence-electron chi connectivity index (χ4n) is 4.84. The number of carbonyl (C=O) groups excluding carboxylic acids is 3. The van der Waals surface area contributed by atoms with Gasteiger partial charge in [-0.15, -0.1) is 0 Å². The Morgan fingerprint density at radius 3 is 2.69 bits per heavy atom. The minimum Gasteiger partial charge on any atom is -0.351 e. The van der Waals surface area contributed by atoms with Crippen LogP contribution in [0, 0.1) is 0 Å². The van der Waals surface area contributed by atoms with Crippen LogP contribution in [0.5, 0.6) is 0 Å². The number of aromatic amines is 2. The zero-order chi connectivity index (χ0) is 25.4. The molecule has 5 rings (SSSR count). The number of ketones is 1. The van der Waals surface area contributed by atoms with Gasteiger partial charge < -0.3 is 15.6 Å². The molecule has 0 unspecified atom stereocenters. The van der Waals surface area contributed by atoms with E-state index in [4.69, 9.17) is 5.73 Å². The maximum Gasteiger partial charge on any atom is 0.327 e. The third-order valence-corrected chi connectivity index (χ3v) is 6.59. The molecule has 12 nitrogen and oxygen atoms in total. The standard InChI is InChI=1S/C23H25BN8O4/c24-14-10-12(11-15-19(14)28-22(27-15)30-21(25)35)17(33)3-4-18(34)31-8-5-13(6-9-31)32-16-2-1-7-26-20(16)29-23(32)36/h1-2,7,10-11,13H,3-6,8-9,24H2,(H,26,29,36)(H4,25,27,28,30,35). The first kappa shape index (κ1) is 23.3. The number of nitrogens with zero attached hydrogens (tertiary/aromatic N) is 4. The molecule has 3 aromatic heterocycles. The Bertz CT molecular complexity index is 1550. The number of nitrogens with two attached hydrogens (primary N) is 1. The second-order valence-electron chi connectivity index (χ2n) is 8.97. The van der Waals surface area contributed by atoms with Crippen molar-refractivity contribution in [3.05, 3.63) is 46.5 Å². The highest BCUT2D eigenvalue weighted by atomic mass is 16.2. The summed E-state index contributed by atoms with van der Waals surface area (Å²) in [5, 5.41) is 2.38. The monoisotopic (exact) mass is 488 g/mol. The molecule has 0 bridgehead atoms. The van der Waals surface area contributed by atoms with Crippen LogP contribution in [0.1, 0.15) is 42.1 Å². The van der Waals surface area contributed by atoms with Crippen molar-refractivity contribution in [3.63, 3.8) is 0 Å². The van der Waals surface area contributed by atoms with E-state index in [9.17, 15) is 19.2 Å². The molecule has 0 atom stereocenters.